The van der Waals surface area contributed by atoms with Crippen LogP contribution < -0.4 is 0 Å². The van der Waals surface area contributed by atoms with E-state index in [1.807, 2.05) is 0 Å². The molecule has 0 aromatic heterocycles. The highest BCUT2D eigenvalue weighted by Gasteiger charge is 2.35. The van der Waals surface area contributed by atoms with E-state index in [0.29, 0.717) is 0 Å². The Morgan fingerprint density at radius 2 is 2.00 bits per heavy atom. The molecular formula is C9H13Cl2NO3. The first-order valence-corrected chi connectivity index (χ1v) is 5.00. The normalized spacial score (nSPS) is 12.2. The summed E-state index contributed by atoms with van der Waals surface area (Å²) in [4.78, 5) is 23.6. The van der Waals surface area contributed by atoms with Crippen molar-refractivity contribution in [3.8, 4) is 0 Å². The minimum absolute atomic E-state index is 0.104. The first-order chi connectivity index (χ1) is 6.85. The molecule has 0 aliphatic rings. The predicted molar refractivity (Wildman–Crippen MR) is 58.9 cm³/mol. The van der Waals surface area contributed by atoms with Gasteiger partial charge in [0.15, 0.2) is 6.29 Å². The van der Waals surface area contributed by atoms with Gasteiger partial charge in [0, 0.05) is 20.3 Å². The first-order valence-electron chi connectivity index (χ1n) is 4.25. The molecule has 0 aromatic carbocycles. The van der Waals surface area contributed by atoms with Crippen LogP contribution in [0.4, 0.5) is 0 Å². The second-order valence-electron chi connectivity index (χ2n) is 2.97. The van der Waals surface area contributed by atoms with E-state index in [9.17, 15) is 9.59 Å². The maximum absolute atomic E-state index is 11.4. The van der Waals surface area contributed by atoms with Crippen LogP contribution >= 0.6 is 23.2 Å². The number of alkyl halides is 2. The summed E-state index contributed by atoms with van der Waals surface area (Å²) in [5, 5.41) is 0. The SMILES string of the molecule is CCOC(=O)C(=CN(C)C)C(Cl)(Cl)C=O. The Bertz CT molecular complexity index is 275. The number of nitrogens with zero attached hydrogens (tertiary/aromatic N) is 1. The van der Waals surface area contributed by atoms with Crippen molar-refractivity contribution < 1.29 is 14.3 Å². The topological polar surface area (TPSA) is 46.6 Å². The number of ether oxygens (including phenoxy) is 1. The summed E-state index contributed by atoms with van der Waals surface area (Å²) in [6.45, 7) is 1.84. The smallest absolute Gasteiger partial charge is 0.339 e. The summed E-state index contributed by atoms with van der Waals surface area (Å²) in [5.41, 5.74) is -0.104. The van der Waals surface area contributed by atoms with Crippen LogP contribution in [0.25, 0.3) is 0 Å². The standard InChI is InChI=1S/C9H13Cl2NO3/c1-4-15-8(14)7(5-12(2)3)9(10,11)6-13/h5-6H,4H2,1-3H3. The third-order valence-electron chi connectivity index (χ3n) is 1.39. The van der Waals surface area contributed by atoms with Gasteiger partial charge < -0.3 is 9.64 Å². The lowest BCUT2D eigenvalue weighted by molar-refractivity contribution is -0.139. The molecule has 0 spiro atoms. The molecule has 0 rings (SSSR count). The van der Waals surface area contributed by atoms with Gasteiger partial charge >= 0.3 is 5.97 Å². The second-order valence-corrected chi connectivity index (χ2v) is 4.35. The van der Waals surface area contributed by atoms with E-state index >= 15 is 0 Å². The van der Waals surface area contributed by atoms with Crippen LogP contribution in [0, 0.1) is 0 Å². The Morgan fingerprint density at radius 3 is 2.33 bits per heavy atom. The molecule has 0 N–H and O–H groups in total. The molecule has 0 amide bonds. The number of carbonyl (C=O) groups is 2. The molecule has 86 valence electrons. The van der Waals surface area contributed by atoms with Crippen LogP contribution in [0.15, 0.2) is 11.8 Å². The molecule has 0 heterocycles. The highest BCUT2D eigenvalue weighted by molar-refractivity contribution is 6.59. The van der Waals surface area contributed by atoms with Gasteiger partial charge in [-0.2, -0.15) is 0 Å². The fourth-order valence-corrected chi connectivity index (χ4v) is 1.06. The lowest BCUT2D eigenvalue weighted by atomic mass is 10.2. The van der Waals surface area contributed by atoms with Gasteiger partial charge in [-0.15, -0.1) is 0 Å². The Balaban J connectivity index is 5.07. The Labute approximate surface area is 98.8 Å². The summed E-state index contributed by atoms with van der Waals surface area (Å²) >= 11 is 11.3. The van der Waals surface area contributed by atoms with E-state index < -0.39 is 10.3 Å². The average molecular weight is 254 g/mol. The van der Waals surface area contributed by atoms with Gasteiger partial charge in [0.2, 0.25) is 4.33 Å². The molecular weight excluding hydrogens is 241 g/mol. The molecule has 0 atom stereocenters. The molecule has 0 unspecified atom stereocenters. The van der Waals surface area contributed by atoms with Gasteiger partial charge in [-0.1, -0.05) is 23.2 Å². The summed E-state index contributed by atoms with van der Waals surface area (Å²) in [6, 6.07) is 0. The van der Waals surface area contributed by atoms with Crippen LogP contribution in [-0.4, -0.2) is 42.2 Å². The van der Waals surface area contributed by atoms with Crippen molar-refractivity contribution in [3.05, 3.63) is 11.8 Å². The zero-order valence-electron chi connectivity index (χ0n) is 8.79. The average Bonchev–Trinajstić information content (AvgIpc) is 2.14. The zero-order chi connectivity index (χ0) is 12.1. The van der Waals surface area contributed by atoms with Crippen LogP contribution in [0.3, 0.4) is 0 Å². The molecule has 0 bridgehead atoms. The van der Waals surface area contributed by atoms with Crippen molar-refractivity contribution in [1.82, 2.24) is 4.90 Å². The Hall–Kier alpha value is -0.740. The third kappa shape index (κ3) is 4.53. The first kappa shape index (κ1) is 14.3. The molecule has 0 aliphatic heterocycles. The summed E-state index contributed by atoms with van der Waals surface area (Å²) < 4.78 is 2.85. The molecule has 4 nitrogen and oxygen atoms in total. The molecule has 0 radical (unpaired) electrons. The Kier molecular flexibility index (Phi) is 5.68. The van der Waals surface area contributed by atoms with Crippen LogP contribution in [0.1, 0.15) is 6.92 Å². The van der Waals surface area contributed by atoms with Crippen LogP contribution in [0.2, 0.25) is 0 Å². The minimum Gasteiger partial charge on any atom is -0.462 e. The quantitative estimate of drug-likeness (QED) is 0.322. The largest absolute Gasteiger partial charge is 0.462 e. The number of esters is 1. The van der Waals surface area contributed by atoms with Gasteiger partial charge in [-0.05, 0) is 6.92 Å². The van der Waals surface area contributed by atoms with E-state index in [2.05, 4.69) is 0 Å². The number of aldehydes is 1. The monoisotopic (exact) mass is 253 g/mol. The summed E-state index contributed by atoms with van der Waals surface area (Å²) in [5.74, 6) is -0.705. The minimum atomic E-state index is -1.88. The summed E-state index contributed by atoms with van der Waals surface area (Å²) in [6.07, 6.45) is 1.63. The van der Waals surface area contributed by atoms with Gasteiger partial charge in [-0.3, -0.25) is 4.79 Å². The number of rotatable bonds is 5. The van der Waals surface area contributed by atoms with E-state index in [4.69, 9.17) is 27.9 Å². The number of hydrogen-bond donors (Lipinski definition) is 0. The molecule has 0 aliphatic carbocycles. The highest BCUT2D eigenvalue weighted by atomic mass is 35.5. The van der Waals surface area contributed by atoms with Crippen molar-refractivity contribution in [2.75, 3.05) is 20.7 Å². The van der Waals surface area contributed by atoms with Crippen LogP contribution in [-0.2, 0) is 14.3 Å². The third-order valence-corrected chi connectivity index (χ3v) is 1.98. The van der Waals surface area contributed by atoms with Crippen molar-refractivity contribution in [2.24, 2.45) is 0 Å². The second kappa shape index (κ2) is 5.98. The van der Waals surface area contributed by atoms with Gasteiger partial charge in [-0.25, -0.2) is 4.79 Å². The number of carbonyl (C=O) groups excluding carboxylic acids is 2. The lowest BCUT2D eigenvalue weighted by Crippen LogP contribution is -2.28. The van der Waals surface area contributed by atoms with Gasteiger partial charge in [0.05, 0.1) is 12.2 Å². The molecule has 0 aromatic rings. The maximum atomic E-state index is 11.4. The van der Waals surface area contributed by atoms with Crippen molar-refractivity contribution >= 4 is 35.5 Å². The van der Waals surface area contributed by atoms with Crippen molar-refractivity contribution in [2.45, 2.75) is 11.3 Å². The fourth-order valence-electron chi connectivity index (χ4n) is 0.805. The Morgan fingerprint density at radius 1 is 1.47 bits per heavy atom. The molecule has 6 heteroatoms. The lowest BCUT2D eigenvalue weighted by Gasteiger charge is -2.17. The van der Waals surface area contributed by atoms with Gasteiger partial charge in [0.1, 0.15) is 0 Å². The van der Waals surface area contributed by atoms with E-state index in [1.165, 1.54) is 6.20 Å². The highest BCUT2D eigenvalue weighted by Crippen LogP contribution is 2.28. The van der Waals surface area contributed by atoms with Crippen molar-refractivity contribution in [1.29, 1.82) is 0 Å². The van der Waals surface area contributed by atoms with Crippen molar-refractivity contribution in [3.63, 3.8) is 0 Å². The van der Waals surface area contributed by atoms with E-state index in [0.717, 1.165) is 0 Å². The molecule has 0 saturated carbocycles. The number of hydrogen-bond acceptors (Lipinski definition) is 4. The molecule has 0 fully saturated rings. The van der Waals surface area contributed by atoms with E-state index in [1.54, 1.807) is 25.9 Å². The molecule has 0 saturated heterocycles. The zero-order valence-corrected chi connectivity index (χ0v) is 10.3. The predicted octanol–water partition coefficient (Wildman–Crippen LogP) is 1.37. The number of halogens is 2. The van der Waals surface area contributed by atoms with Gasteiger partial charge in [0.25, 0.3) is 0 Å². The fraction of sp³-hybridized carbons (Fsp3) is 0.556. The summed E-state index contributed by atoms with van der Waals surface area (Å²) in [7, 11) is 3.35. The van der Waals surface area contributed by atoms with Crippen LogP contribution in [0.5, 0.6) is 0 Å². The maximum Gasteiger partial charge on any atom is 0.339 e. The molecule has 15 heavy (non-hydrogen) atoms. The van der Waals surface area contributed by atoms with E-state index in [-0.39, 0.29) is 18.5 Å².